The van der Waals surface area contributed by atoms with Gasteiger partial charge >= 0.3 is 0 Å². The molecule has 20 heavy (non-hydrogen) atoms. The molecule has 5 nitrogen and oxygen atoms in total. The summed E-state index contributed by atoms with van der Waals surface area (Å²) in [5.41, 5.74) is 0. The largest absolute Gasteiger partial charge is 0.393 e. The summed E-state index contributed by atoms with van der Waals surface area (Å²) in [5, 5.41) is 10.2. The Morgan fingerprint density at radius 2 is 1.55 bits per heavy atom. The fraction of sp³-hybridized carbons (Fsp3) is 1.00. The van der Waals surface area contributed by atoms with Gasteiger partial charge in [-0.3, -0.25) is 0 Å². The highest BCUT2D eigenvalue weighted by molar-refractivity contribution is 7.86. The fourth-order valence-electron chi connectivity index (χ4n) is 4.13. The maximum atomic E-state index is 12.8. The topological polar surface area (TPSA) is 60.9 Å². The van der Waals surface area contributed by atoms with E-state index in [4.69, 9.17) is 0 Å². The van der Waals surface area contributed by atoms with Gasteiger partial charge in [0.2, 0.25) is 0 Å². The molecular formula is C14H26N2O3S. The Morgan fingerprint density at radius 1 is 0.850 bits per heavy atom. The standard InChI is InChI=1S/C14H26N2O3S/c17-14-8-5-6-12(14)13-7-1-2-11-16(13)20(18,19)15-9-3-4-10-15/h12-14,17H,1-11H2. The summed E-state index contributed by atoms with van der Waals surface area (Å²) >= 11 is 0. The smallest absolute Gasteiger partial charge is 0.282 e. The molecule has 3 fully saturated rings. The average Bonchev–Trinajstić information content (AvgIpc) is 3.10. The van der Waals surface area contributed by atoms with Crippen LogP contribution in [0.2, 0.25) is 0 Å². The van der Waals surface area contributed by atoms with Crippen molar-refractivity contribution in [2.24, 2.45) is 5.92 Å². The third-order valence-electron chi connectivity index (χ3n) is 5.21. The molecule has 3 aliphatic rings. The first-order chi connectivity index (χ1) is 9.60. The summed E-state index contributed by atoms with van der Waals surface area (Å²) in [5.74, 6) is 0.146. The summed E-state index contributed by atoms with van der Waals surface area (Å²) in [6, 6.07) is 0.0202. The summed E-state index contributed by atoms with van der Waals surface area (Å²) in [6.07, 6.45) is 7.42. The van der Waals surface area contributed by atoms with E-state index >= 15 is 0 Å². The summed E-state index contributed by atoms with van der Waals surface area (Å²) < 4.78 is 29.0. The van der Waals surface area contributed by atoms with Crippen LogP contribution in [0.3, 0.4) is 0 Å². The van der Waals surface area contributed by atoms with Gasteiger partial charge in [-0.1, -0.05) is 12.8 Å². The van der Waals surface area contributed by atoms with Crippen LogP contribution in [0, 0.1) is 5.92 Å². The Morgan fingerprint density at radius 3 is 2.20 bits per heavy atom. The van der Waals surface area contributed by atoms with Crippen LogP contribution in [0.5, 0.6) is 0 Å². The molecule has 116 valence electrons. The Balaban J connectivity index is 1.81. The zero-order valence-corrected chi connectivity index (χ0v) is 12.9. The molecule has 2 saturated heterocycles. The van der Waals surface area contributed by atoms with E-state index in [1.54, 1.807) is 8.61 Å². The lowest BCUT2D eigenvalue weighted by Crippen LogP contribution is -2.53. The number of piperidine rings is 1. The van der Waals surface area contributed by atoms with E-state index in [0.717, 1.165) is 51.4 Å². The lowest BCUT2D eigenvalue weighted by molar-refractivity contribution is 0.0701. The van der Waals surface area contributed by atoms with Crippen molar-refractivity contribution in [3.8, 4) is 0 Å². The minimum atomic E-state index is -3.32. The molecular weight excluding hydrogens is 276 g/mol. The first-order valence-corrected chi connectivity index (χ1v) is 9.45. The van der Waals surface area contributed by atoms with Crippen molar-refractivity contribution in [1.82, 2.24) is 8.61 Å². The first kappa shape index (κ1) is 14.8. The normalized spacial score (nSPS) is 37.5. The van der Waals surface area contributed by atoms with Crippen LogP contribution in [-0.4, -0.2) is 53.9 Å². The van der Waals surface area contributed by atoms with E-state index in [1.807, 2.05) is 0 Å². The molecule has 2 heterocycles. The second-order valence-electron chi connectivity index (χ2n) is 6.45. The van der Waals surface area contributed by atoms with E-state index < -0.39 is 10.2 Å². The van der Waals surface area contributed by atoms with Crippen molar-refractivity contribution in [3.63, 3.8) is 0 Å². The Bertz CT molecular complexity index is 434. The molecule has 0 aromatic heterocycles. The third-order valence-corrected chi connectivity index (χ3v) is 7.28. The van der Waals surface area contributed by atoms with Crippen molar-refractivity contribution in [3.05, 3.63) is 0 Å². The molecule has 0 bridgehead atoms. The number of aliphatic hydroxyl groups excluding tert-OH is 1. The highest BCUT2D eigenvalue weighted by Crippen LogP contribution is 2.37. The van der Waals surface area contributed by atoms with E-state index in [0.29, 0.717) is 19.6 Å². The monoisotopic (exact) mass is 302 g/mol. The van der Waals surface area contributed by atoms with Gasteiger partial charge in [0.1, 0.15) is 0 Å². The lowest BCUT2D eigenvalue weighted by atomic mass is 9.89. The molecule has 0 amide bonds. The number of nitrogens with zero attached hydrogens (tertiary/aromatic N) is 2. The molecule has 6 heteroatoms. The zero-order chi connectivity index (χ0) is 14.2. The van der Waals surface area contributed by atoms with Crippen LogP contribution in [0.1, 0.15) is 51.4 Å². The molecule has 3 unspecified atom stereocenters. The summed E-state index contributed by atoms with van der Waals surface area (Å²) in [6.45, 7) is 1.96. The van der Waals surface area contributed by atoms with Gasteiger partial charge in [-0.05, 0) is 38.5 Å². The zero-order valence-electron chi connectivity index (χ0n) is 12.1. The van der Waals surface area contributed by atoms with E-state index in [9.17, 15) is 13.5 Å². The van der Waals surface area contributed by atoms with Gasteiger partial charge in [0.25, 0.3) is 10.2 Å². The van der Waals surface area contributed by atoms with Crippen LogP contribution in [0.15, 0.2) is 0 Å². The van der Waals surface area contributed by atoms with Crippen LogP contribution in [0.4, 0.5) is 0 Å². The Hall–Kier alpha value is -0.170. The van der Waals surface area contributed by atoms with Gasteiger partial charge < -0.3 is 5.11 Å². The Kier molecular flexibility index (Phi) is 4.36. The highest BCUT2D eigenvalue weighted by Gasteiger charge is 2.43. The molecule has 3 rings (SSSR count). The van der Waals surface area contributed by atoms with E-state index in [2.05, 4.69) is 0 Å². The van der Waals surface area contributed by atoms with Crippen LogP contribution < -0.4 is 0 Å². The van der Waals surface area contributed by atoms with Gasteiger partial charge in [-0.15, -0.1) is 0 Å². The third kappa shape index (κ3) is 2.63. The van der Waals surface area contributed by atoms with Crippen molar-refractivity contribution in [1.29, 1.82) is 0 Å². The van der Waals surface area contributed by atoms with Crippen molar-refractivity contribution >= 4 is 10.2 Å². The molecule has 3 atom stereocenters. The van der Waals surface area contributed by atoms with Gasteiger partial charge in [0.15, 0.2) is 0 Å². The maximum absolute atomic E-state index is 12.8. The second kappa shape index (κ2) is 5.91. The average molecular weight is 302 g/mol. The molecule has 0 radical (unpaired) electrons. The van der Waals surface area contributed by atoms with Gasteiger partial charge in [0.05, 0.1) is 6.10 Å². The predicted molar refractivity (Wildman–Crippen MR) is 77.4 cm³/mol. The minimum Gasteiger partial charge on any atom is -0.393 e. The predicted octanol–water partition coefficient (Wildman–Crippen LogP) is 1.34. The number of hydrogen-bond acceptors (Lipinski definition) is 3. The quantitative estimate of drug-likeness (QED) is 0.856. The van der Waals surface area contributed by atoms with Gasteiger partial charge in [-0.2, -0.15) is 17.0 Å². The van der Waals surface area contributed by atoms with Crippen molar-refractivity contribution in [2.75, 3.05) is 19.6 Å². The fourth-order valence-corrected chi connectivity index (χ4v) is 6.11. The number of hydrogen-bond donors (Lipinski definition) is 1. The van der Waals surface area contributed by atoms with E-state index in [-0.39, 0.29) is 18.1 Å². The van der Waals surface area contributed by atoms with Gasteiger partial charge in [0, 0.05) is 31.6 Å². The van der Waals surface area contributed by atoms with Crippen molar-refractivity contribution < 1.29 is 13.5 Å². The molecule has 0 spiro atoms. The highest BCUT2D eigenvalue weighted by atomic mass is 32.2. The van der Waals surface area contributed by atoms with Crippen molar-refractivity contribution in [2.45, 2.75) is 63.5 Å². The molecule has 1 N–H and O–H groups in total. The number of rotatable bonds is 3. The molecule has 0 aromatic carbocycles. The molecule has 0 aromatic rings. The minimum absolute atomic E-state index is 0.0202. The first-order valence-electron chi connectivity index (χ1n) is 8.05. The number of aliphatic hydroxyl groups is 1. The van der Waals surface area contributed by atoms with Crippen LogP contribution in [-0.2, 0) is 10.2 Å². The SMILES string of the molecule is O=S(=O)(N1CCCC1)N1CCCCC1C1CCCC1O. The van der Waals surface area contributed by atoms with Crippen LogP contribution in [0.25, 0.3) is 0 Å². The second-order valence-corrected chi connectivity index (χ2v) is 8.33. The molecule has 1 saturated carbocycles. The summed E-state index contributed by atoms with van der Waals surface area (Å²) in [7, 11) is -3.32. The Labute approximate surface area is 122 Å². The summed E-state index contributed by atoms with van der Waals surface area (Å²) in [4.78, 5) is 0. The van der Waals surface area contributed by atoms with Crippen LogP contribution >= 0.6 is 0 Å². The van der Waals surface area contributed by atoms with Gasteiger partial charge in [-0.25, -0.2) is 0 Å². The lowest BCUT2D eigenvalue weighted by Gasteiger charge is -2.40. The maximum Gasteiger partial charge on any atom is 0.282 e. The molecule has 2 aliphatic heterocycles. The van der Waals surface area contributed by atoms with E-state index in [1.165, 1.54) is 0 Å². The molecule has 1 aliphatic carbocycles.